The number of aromatic nitrogens is 2. The number of rotatable bonds is 3. The van der Waals surface area contributed by atoms with E-state index in [0.29, 0.717) is 24.7 Å². The van der Waals surface area contributed by atoms with Gasteiger partial charge in [-0.2, -0.15) is 0 Å². The van der Waals surface area contributed by atoms with Gasteiger partial charge in [-0.25, -0.2) is 9.97 Å². The molecule has 2 heterocycles. The molecule has 1 aromatic rings. The van der Waals surface area contributed by atoms with E-state index in [1.54, 1.807) is 17.2 Å². The van der Waals surface area contributed by atoms with Crippen molar-refractivity contribution >= 4 is 5.91 Å². The molecule has 2 aliphatic rings. The third-order valence-corrected chi connectivity index (χ3v) is 4.44. The van der Waals surface area contributed by atoms with E-state index in [1.807, 2.05) is 0 Å². The Bertz CT molecular complexity index is 486. The fraction of sp³-hybridized carbons (Fsp3) is 0.667. The van der Waals surface area contributed by atoms with Crippen LogP contribution in [0.4, 0.5) is 0 Å². The van der Waals surface area contributed by atoms with Gasteiger partial charge >= 0.3 is 0 Å². The van der Waals surface area contributed by atoms with Crippen LogP contribution in [0.1, 0.15) is 54.3 Å². The van der Waals surface area contributed by atoms with E-state index in [-0.39, 0.29) is 18.4 Å². The molecule has 108 valence electrons. The molecule has 1 aromatic heterocycles. The number of amides is 1. The first-order chi connectivity index (χ1) is 9.78. The van der Waals surface area contributed by atoms with Gasteiger partial charge in [0.15, 0.2) is 0 Å². The molecule has 1 aliphatic heterocycles. The SMILES string of the molecule is O=C(c1ccnc(C2CCCC2)n1)N1CCC(CO)C1. The standard InChI is InChI=1S/C15H21N3O2/c19-10-11-6-8-18(9-11)15(20)13-5-7-16-14(17-13)12-3-1-2-4-12/h5,7,11-12,19H,1-4,6,8-10H2. The summed E-state index contributed by atoms with van der Waals surface area (Å²) in [6.07, 6.45) is 7.31. The first-order valence-electron chi connectivity index (χ1n) is 7.51. The normalized spacial score (nSPS) is 23.4. The molecule has 1 atom stereocenters. The molecule has 1 unspecified atom stereocenters. The molecular formula is C15H21N3O2. The molecule has 5 heteroatoms. The second kappa shape index (κ2) is 5.87. The molecule has 2 fully saturated rings. The van der Waals surface area contributed by atoms with Crippen molar-refractivity contribution in [3.8, 4) is 0 Å². The largest absolute Gasteiger partial charge is 0.396 e. The van der Waals surface area contributed by atoms with Crippen molar-refractivity contribution in [3.63, 3.8) is 0 Å². The summed E-state index contributed by atoms with van der Waals surface area (Å²) >= 11 is 0. The highest BCUT2D eigenvalue weighted by atomic mass is 16.3. The van der Waals surface area contributed by atoms with Gasteiger partial charge in [0.25, 0.3) is 5.91 Å². The summed E-state index contributed by atoms with van der Waals surface area (Å²) in [6, 6.07) is 1.70. The van der Waals surface area contributed by atoms with E-state index in [4.69, 9.17) is 5.11 Å². The second-order valence-corrected chi connectivity index (χ2v) is 5.87. The van der Waals surface area contributed by atoms with Crippen LogP contribution in [-0.2, 0) is 0 Å². The lowest BCUT2D eigenvalue weighted by Gasteiger charge is -2.16. The summed E-state index contributed by atoms with van der Waals surface area (Å²) in [7, 11) is 0. The quantitative estimate of drug-likeness (QED) is 0.909. The van der Waals surface area contributed by atoms with Crippen molar-refractivity contribution in [1.29, 1.82) is 0 Å². The third-order valence-electron chi connectivity index (χ3n) is 4.44. The van der Waals surface area contributed by atoms with Gasteiger partial charge in [0, 0.05) is 37.7 Å². The van der Waals surface area contributed by atoms with Gasteiger partial charge in [-0.05, 0) is 25.3 Å². The Hall–Kier alpha value is -1.49. The monoisotopic (exact) mass is 275 g/mol. The van der Waals surface area contributed by atoms with Gasteiger partial charge in [-0.3, -0.25) is 4.79 Å². The number of hydrogen-bond donors (Lipinski definition) is 1. The number of nitrogens with zero attached hydrogens (tertiary/aromatic N) is 3. The molecule has 1 N–H and O–H groups in total. The van der Waals surface area contributed by atoms with Crippen LogP contribution in [-0.4, -0.2) is 45.6 Å². The highest BCUT2D eigenvalue weighted by Crippen LogP contribution is 2.32. The predicted octanol–water partition coefficient (Wildman–Crippen LogP) is 1.59. The number of carbonyl (C=O) groups is 1. The molecule has 0 spiro atoms. The first-order valence-corrected chi connectivity index (χ1v) is 7.51. The topological polar surface area (TPSA) is 66.3 Å². The van der Waals surface area contributed by atoms with E-state index in [2.05, 4.69) is 9.97 Å². The number of aliphatic hydroxyl groups is 1. The van der Waals surface area contributed by atoms with Crippen LogP contribution in [0.25, 0.3) is 0 Å². The van der Waals surface area contributed by atoms with Crippen molar-refractivity contribution in [2.24, 2.45) is 5.92 Å². The minimum absolute atomic E-state index is 0.0254. The molecular weight excluding hydrogens is 254 g/mol. The number of aliphatic hydroxyl groups excluding tert-OH is 1. The fourth-order valence-corrected chi connectivity index (χ4v) is 3.20. The minimum Gasteiger partial charge on any atom is -0.396 e. The fourth-order valence-electron chi connectivity index (χ4n) is 3.20. The molecule has 20 heavy (non-hydrogen) atoms. The average molecular weight is 275 g/mol. The zero-order valence-electron chi connectivity index (χ0n) is 11.7. The van der Waals surface area contributed by atoms with E-state index in [1.165, 1.54) is 12.8 Å². The smallest absolute Gasteiger partial charge is 0.272 e. The van der Waals surface area contributed by atoms with Crippen molar-refractivity contribution < 1.29 is 9.90 Å². The molecule has 3 rings (SSSR count). The zero-order valence-corrected chi connectivity index (χ0v) is 11.7. The Morgan fingerprint density at radius 3 is 2.85 bits per heavy atom. The maximum Gasteiger partial charge on any atom is 0.272 e. The minimum atomic E-state index is -0.0254. The van der Waals surface area contributed by atoms with Crippen LogP contribution in [0.2, 0.25) is 0 Å². The van der Waals surface area contributed by atoms with Gasteiger partial charge in [0.05, 0.1) is 0 Å². The van der Waals surface area contributed by atoms with E-state index in [9.17, 15) is 4.79 Å². The molecule has 1 saturated heterocycles. The maximum atomic E-state index is 12.4. The van der Waals surface area contributed by atoms with E-state index in [0.717, 1.165) is 25.1 Å². The Kier molecular flexibility index (Phi) is 3.96. The number of hydrogen-bond acceptors (Lipinski definition) is 4. The Labute approximate surface area is 119 Å². The number of carbonyl (C=O) groups excluding carboxylic acids is 1. The first kappa shape index (κ1) is 13.5. The molecule has 1 aliphatic carbocycles. The van der Waals surface area contributed by atoms with Gasteiger partial charge in [-0.15, -0.1) is 0 Å². The Morgan fingerprint density at radius 2 is 2.15 bits per heavy atom. The number of likely N-dealkylation sites (tertiary alicyclic amines) is 1. The van der Waals surface area contributed by atoms with Crippen LogP contribution in [0.5, 0.6) is 0 Å². The van der Waals surface area contributed by atoms with Gasteiger partial charge in [-0.1, -0.05) is 12.8 Å². The molecule has 1 amide bonds. The summed E-state index contributed by atoms with van der Waals surface area (Å²) in [5.41, 5.74) is 0.500. The Morgan fingerprint density at radius 1 is 1.35 bits per heavy atom. The lowest BCUT2D eigenvalue weighted by molar-refractivity contribution is 0.0775. The van der Waals surface area contributed by atoms with Crippen LogP contribution in [0.15, 0.2) is 12.3 Å². The predicted molar refractivity (Wildman–Crippen MR) is 74.3 cm³/mol. The molecule has 0 aromatic carbocycles. The molecule has 1 saturated carbocycles. The average Bonchev–Trinajstić information content (AvgIpc) is 3.17. The summed E-state index contributed by atoms with van der Waals surface area (Å²) in [5.74, 6) is 1.44. The maximum absolute atomic E-state index is 12.4. The zero-order chi connectivity index (χ0) is 13.9. The van der Waals surface area contributed by atoms with E-state index >= 15 is 0 Å². The van der Waals surface area contributed by atoms with Crippen molar-refractivity contribution in [2.45, 2.75) is 38.0 Å². The lowest BCUT2D eigenvalue weighted by Crippen LogP contribution is -2.30. The summed E-state index contributed by atoms with van der Waals surface area (Å²) in [5, 5.41) is 9.16. The van der Waals surface area contributed by atoms with E-state index < -0.39 is 0 Å². The molecule has 5 nitrogen and oxygen atoms in total. The van der Waals surface area contributed by atoms with Gasteiger partial charge in [0.2, 0.25) is 0 Å². The summed E-state index contributed by atoms with van der Waals surface area (Å²) < 4.78 is 0. The Balaban J connectivity index is 1.73. The lowest BCUT2D eigenvalue weighted by atomic mass is 10.1. The van der Waals surface area contributed by atoms with Crippen molar-refractivity contribution in [1.82, 2.24) is 14.9 Å². The van der Waals surface area contributed by atoms with Crippen LogP contribution >= 0.6 is 0 Å². The summed E-state index contributed by atoms with van der Waals surface area (Å²) in [4.78, 5) is 23.0. The van der Waals surface area contributed by atoms with Crippen LogP contribution < -0.4 is 0 Å². The highest BCUT2D eigenvalue weighted by molar-refractivity contribution is 5.92. The van der Waals surface area contributed by atoms with Gasteiger partial charge < -0.3 is 10.0 Å². The van der Waals surface area contributed by atoms with Crippen molar-refractivity contribution in [3.05, 3.63) is 23.8 Å². The van der Waals surface area contributed by atoms with Crippen molar-refractivity contribution in [2.75, 3.05) is 19.7 Å². The van der Waals surface area contributed by atoms with Gasteiger partial charge in [0.1, 0.15) is 11.5 Å². The second-order valence-electron chi connectivity index (χ2n) is 5.87. The third kappa shape index (κ3) is 2.68. The molecule has 0 radical (unpaired) electrons. The highest BCUT2D eigenvalue weighted by Gasteiger charge is 2.28. The summed E-state index contributed by atoms with van der Waals surface area (Å²) in [6.45, 7) is 1.51. The van der Waals surface area contributed by atoms with Crippen LogP contribution in [0, 0.1) is 5.92 Å². The van der Waals surface area contributed by atoms with Crippen LogP contribution in [0.3, 0.4) is 0 Å². The molecule has 0 bridgehead atoms.